The summed E-state index contributed by atoms with van der Waals surface area (Å²) in [6.07, 6.45) is 23.1. The number of primary amides is 2. The number of anilines is 6. The Morgan fingerprint density at radius 2 is 0.974 bits per heavy atom. The summed E-state index contributed by atoms with van der Waals surface area (Å²) in [5.74, 6) is 2.21. The smallest absolute Gasteiger partial charge is 0.271 e. The zero-order valence-electron chi connectivity index (χ0n) is 44.7. The third-order valence-electron chi connectivity index (χ3n) is 17.8. The van der Waals surface area contributed by atoms with E-state index in [0.29, 0.717) is 48.2 Å². The van der Waals surface area contributed by atoms with Gasteiger partial charge < -0.3 is 52.3 Å². The van der Waals surface area contributed by atoms with Crippen LogP contribution in [0.15, 0.2) is 85.2 Å². The average Bonchev–Trinajstić information content (AvgIpc) is 4.31. The van der Waals surface area contributed by atoms with Crippen LogP contribution < -0.4 is 37.6 Å². The molecule has 5 aromatic rings. The molecular formula is C60H78N14O3. The number of rotatable bonds is 13. The minimum absolute atomic E-state index is 0.0836. The van der Waals surface area contributed by atoms with Crippen molar-refractivity contribution in [1.82, 2.24) is 34.6 Å². The fourth-order valence-electron chi connectivity index (χ4n) is 13.5. The van der Waals surface area contributed by atoms with Crippen molar-refractivity contribution >= 4 is 52.4 Å². The first-order valence-electron chi connectivity index (χ1n) is 28.8. The highest BCUT2D eigenvalue weighted by Crippen LogP contribution is 2.36. The van der Waals surface area contributed by atoms with Crippen LogP contribution in [0.25, 0.3) is 0 Å². The van der Waals surface area contributed by atoms with E-state index < -0.39 is 11.8 Å². The minimum atomic E-state index is -0.621. The van der Waals surface area contributed by atoms with Crippen LogP contribution in [0.4, 0.5) is 34.6 Å². The van der Waals surface area contributed by atoms with Gasteiger partial charge in [-0.1, -0.05) is 68.1 Å². The zero-order valence-corrected chi connectivity index (χ0v) is 44.7. The normalized spacial score (nSPS) is 22.2. The lowest BCUT2D eigenvalue weighted by molar-refractivity contribution is 0.0685. The van der Waals surface area contributed by atoms with Gasteiger partial charge in [-0.2, -0.15) is 0 Å². The molecule has 2 aromatic heterocycles. The first-order valence-corrected chi connectivity index (χ1v) is 28.8. The molecule has 3 amide bonds. The Balaban J connectivity index is 0.000000169. The number of nitrogens with one attached hydrogen (secondary N) is 2. The van der Waals surface area contributed by atoms with Crippen molar-refractivity contribution in [2.45, 2.75) is 145 Å². The molecule has 17 heteroatoms. The summed E-state index contributed by atoms with van der Waals surface area (Å²) in [6, 6.07) is 26.7. The highest BCUT2D eigenvalue weighted by molar-refractivity contribution is 5.99. The first-order chi connectivity index (χ1) is 37.6. The van der Waals surface area contributed by atoms with E-state index in [0.717, 1.165) is 79.9 Å². The molecule has 406 valence electrons. The highest BCUT2D eigenvalue weighted by Gasteiger charge is 2.36. The third-order valence-corrected chi connectivity index (χ3v) is 17.8. The van der Waals surface area contributed by atoms with E-state index in [1.165, 1.54) is 114 Å². The van der Waals surface area contributed by atoms with Gasteiger partial charge in [0.05, 0.1) is 12.4 Å². The second-order valence-corrected chi connectivity index (χ2v) is 22.8. The van der Waals surface area contributed by atoms with Crippen LogP contribution in [0.2, 0.25) is 0 Å². The summed E-state index contributed by atoms with van der Waals surface area (Å²) < 4.78 is 0. The van der Waals surface area contributed by atoms with Crippen LogP contribution in [0.5, 0.6) is 0 Å². The lowest BCUT2D eigenvalue weighted by atomic mass is 9.88. The standard InChI is InChI=1S/C34H41N7O2.C26H37N7O/c35-32(42)31-33(37-26-13-11-23(12-14-26)24-15-18-39(19-16-24)27-7-2-3-8-27)38-30(20-36-31)40-17-5-9-28(22-40)41-21-25-6-1-4-10-29(25)34(41)43;27-20-4-3-13-33(17-20)23-16-29-24(25(28)34)26(31-23)30-21-9-7-18(8-10-21)19-11-14-32(15-12-19)22-5-1-2-6-22/h1,4,6,10-14,20,24,27-28H,2-3,5,7-9,15-19,21-22H2,(H2,35,42)(H,37,38);7-10,16,19-20,22H,1-6,11-15,17,27H2,(H2,28,34)(H,30,31)/t28-;20-/m11/s1. The Morgan fingerprint density at radius 3 is 1.44 bits per heavy atom. The second-order valence-electron chi connectivity index (χ2n) is 22.8. The number of benzene rings is 3. The number of amides is 3. The summed E-state index contributed by atoms with van der Waals surface area (Å²) >= 11 is 0. The van der Waals surface area contributed by atoms with Crippen LogP contribution in [-0.4, -0.2) is 129 Å². The van der Waals surface area contributed by atoms with Crippen molar-refractivity contribution in [3.63, 3.8) is 0 Å². The lowest BCUT2D eigenvalue weighted by Gasteiger charge is -2.38. The molecule has 5 aliphatic heterocycles. The van der Waals surface area contributed by atoms with Crippen LogP contribution >= 0.6 is 0 Å². The van der Waals surface area contributed by atoms with Crippen LogP contribution in [-0.2, 0) is 6.54 Å². The number of aromatic nitrogens is 4. The first kappa shape index (κ1) is 52.4. The molecule has 0 unspecified atom stereocenters. The number of piperidine rings is 4. The van der Waals surface area contributed by atoms with Crippen molar-refractivity contribution in [2.24, 2.45) is 17.2 Å². The van der Waals surface area contributed by atoms with Crippen LogP contribution in [0.1, 0.15) is 163 Å². The summed E-state index contributed by atoms with van der Waals surface area (Å²) in [6.45, 7) is 8.53. The van der Waals surface area contributed by atoms with E-state index in [1.54, 1.807) is 12.4 Å². The summed E-state index contributed by atoms with van der Waals surface area (Å²) in [5, 5.41) is 6.60. The molecule has 3 aromatic carbocycles. The molecule has 7 heterocycles. The molecule has 2 atom stereocenters. The molecule has 8 N–H and O–H groups in total. The Bertz CT molecular complexity index is 2840. The molecule has 2 aliphatic carbocycles. The number of nitrogens with two attached hydrogens (primary N) is 3. The monoisotopic (exact) mass is 1040 g/mol. The molecule has 0 radical (unpaired) electrons. The van der Waals surface area contributed by atoms with E-state index in [2.05, 4.69) is 88.7 Å². The second kappa shape index (κ2) is 23.9. The number of hydrogen-bond donors (Lipinski definition) is 5. The average molecular weight is 1040 g/mol. The summed E-state index contributed by atoms with van der Waals surface area (Å²) in [5.41, 5.74) is 24.0. The van der Waals surface area contributed by atoms with Crippen molar-refractivity contribution in [1.29, 1.82) is 0 Å². The van der Waals surface area contributed by atoms with Gasteiger partial charge in [0.25, 0.3) is 17.7 Å². The molecule has 12 rings (SSSR count). The molecule has 4 saturated heterocycles. The Kier molecular flexibility index (Phi) is 16.3. The van der Waals surface area contributed by atoms with Gasteiger partial charge in [-0.15, -0.1) is 0 Å². The highest BCUT2D eigenvalue weighted by atomic mass is 16.2. The van der Waals surface area contributed by atoms with Gasteiger partial charge in [-0.05, 0) is 162 Å². The van der Waals surface area contributed by atoms with Gasteiger partial charge in [0, 0.05) is 73.8 Å². The summed E-state index contributed by atoms with van der Waals surface area (Å²) in [4.78, 5) is 67.3. The third kappa shape index (κ3) is 12.2. The van der Waals surface area contributed by atoms with E-state index in [9.17, 15) is 14.4 Å². The molecule has 2 saturated carbocycles. The number of hydrogen-bond acceptors (Lipinski definition) is 14. The van der Waals surface area contributed by atoms with Gasteiger partial charge in [-0.3, -0.25) is 14.4 Å². The minimum Gasteiger partial charge on any atom is -0.364 e. The molecule has 0 bridgehead atoms. The number of carbonyl (C=O) groups is 3. The fourth-order valence-corrected chi connectivity index (χ4v) is 13.5. The molecule has 17 nitrogen and oxygen atoms in total. The Hall–Kier alpha value is -6.69. The van der Waals surface area contributed by atoms with Crippen molar-refractivity contribution < 1.29 is 14.4 Å². The molecule has 0 spiro atoms. The van der Waals surface area contributed by atoms with Crippen molar-refractivity contribution in [3.8, 4) is 0 Å². The maximum atomic E-state index is 13.1. The van der Waals surface area contributed by atoms with E-state index in [1.807, 2.05) is 29.2 Å². The van der Waals surface area contributed by atoms with E-state index in [4.69, 9.17) is 27.2 Å². The lowest BCUT2D eigenvalue weighted by Crippen LogP contribution is -2.48. The number of likely N-dealkylation sites (tertiary alicyclic amines) is 2. The fraction of sp³-hybridized carbons (Fsp3) is 0.517. The predicted octanol–water partition coefficient (Wildman–Crippen LogP) is 8.43. The SMILES string of the molecule is NC(=O)c1ncc(N2CCC[C@@H](N)C2)nc1Nc1ccc(C2CCN(C3CCCC3)CC2)cc1.NC(=O)c1ncc(N2CCC[C@@H](N3Cc4ccccc4C3=O)C2)nc1Nc1ccc(C2CCN(C3CCCC3)CC2)cc1. The molecule has 6 fully saturated rings. The predicted molar refractivity (Wildman–Crippen MR) is 303 cm³/mol. The van der Waals surface area contributed by atoms with Gasteiger partial charge in [-0.25, -0.2) is 19.9 Å². The van der Waals surface area contributed by atoms with Gasteiger partial charge in [0.2, 0.25) is 0 Å². The maximum Gasteiger partial charge on any atom is 0.271 e. The Morgan fingerprint density at radius 1 is 0.519 bits per heavy atom. The molecule has 77 heavy (non-hydrogen) atoms. The topological polar surface area (TPSA) is 221 Å². The zero-order chi connectivity index (χ0) is 52.8. The largest absolute Gasteiger partial charge is 0.364 e. The summed E-state index contributed by atoms with van der Waals surface area (Å²) in [7, 11) is 0. The van der Waals surface area contributed by atoms with Crippen molar-refractivity contribution in [2.75, 3.05) is 72.8 Å². The van der Waals surface area contributed by atoms with Crippen molar-refractivity contribution in [3.05, 3.63) is 119 Å². The maximum absolute atomic E-state index is 13.1. The number of carbonyl (C=O) groups excluding carboxylic acids is 3. The molecule has 7 aliphatic rings. The number of fused-ring (bicyclic) bond motifs is 1. The van der Waals surface area contributed by atoms with Crippen LogP contribution in [0.3, 0.4) is 0 Å². The van der Waals surface area contributed by atoms with E-state index in [-0.39, 0.29) is 29.4 Å². The molecular weight excluding hydrogens is 965 g/mol. The van der Waals surface area contributed by atoms with Gasteiger partial charge in [0.15, 0.2) is 23.0 Å². The quantitative estimate of drug-likeness (QED) is 0.0747. The van der Waals surface area contributed by atoms with Crippen LogP contribution in [0, 0.1) is 0 Å². The van der Waals surface area contributed by atoms with Gasteiger partial charge >= 0.3 is 0 Å². The number of nitrogens with zero attached hydrogens (tertiary/aromatic N) is 9. The van der Waals surface area contributed by atoms with E-state index >= 15 is 0 Å². The van der Waals surface area contributed by atoms with Gasteiger partial charge in [0.1, 0.15) is 11.6 Å². The Labute approximate surface area is 453 Å².